The average molecular weight is 273 g/mol. The van der Waals surface area contributed by atoms with Crippen LogP contribution in [0.15, 0.2) is 11.4 Å². The van der Waals surface area contributed by atoms with Crippen LogP contribution in [0.25, 0.3) is 0 Å². The highest BCUT2D eigenvalue weighted by molar-refractivity contribution is 7.90. The minimum atomic E-state index is -2.86. The van der Waals surface area contributed by atoms with Crippen molar-refractivity contribution in [2.75, 3.05) is 25.1 Å². The van der Waals surface area contributed by atoms with Gasteiger partial charge in [0.15, 0.2) is 0 Å². The number of sulfone groups is 1. The van der Waals surface area contributed by atoms with E-state index in [-0.39, 0.29) is 5.75 Å². The molecule has 0 amide bonds. The molecule has 1 aliphatic rings. The first-order valence-electron chi connectivity index (χ1n) is 5.99. The van der Waals surface area contributed by atoms with E-state index < -0.39 is 9.84 Å². The zero-order valence-electron chi connectivity index (χ0n) is 10.3. The zero-order chi connectivity index (χ0) is 12.5. The number of hydrogen-bond acceptors (Lipinski definition) is 4. The molecule has 0 aliphatic carbocycles. The molecule has 1 aromatic rings. The first-order valence-corrected chi connectivity index (χ1v) is 8.93. The molecule has 0 N–H and O–H groups in total. The average Bonchev–Trinajstić information content (AvgIpc) is 2.72. The minimum absolute atomic E-state index is 0.267. The summed E-state index contributed by atoms with van der Waals surface area (Å²) in [5, 5.41) is 2.15. The molecule has 1 aromatic heterocycles. The van der Waals surface area contributed by atoms with Crippen LogP contribution in [0.1, 0.15) is 29.8 Å². The molecule has 96 valence electrons. The van der Waals surface area contributed by atoms with Crippen molar-refractivity contribution in [1.82, 2.24) is 4.90 Å². The monoisotopic (exact) mass is 273 g/mol. The number of fused-ring (bicyclic) bond motifs is 1. The molecule has 2 heterocycles. The zero-order valence-corrected chi connectivity index (χ0v) is 12.0. The Morgan fingerprint density at radius 2 is 2.29 bits per heavy atom. The molecule has 2 rings (SSSR count). The predicted octanol–water partition coefficient (Wildman–Crippen LogP) is 2.10. The summed E-state index contributed by atoms with van der Waals surface area (Å²) in [6.07, 6.45) is 3.43. The first-order chi connectivity index (χ1) is 8.01. The Hall–Kier alpha value is -0.390. The Kier molecular flexibility index (Phi) is 3.90. The topological polar surface area (TPSA) is 37.4 Å². The number of rotatable bonds is 4. The smallest absolute Gasteiger partial charge is 0.148 e. The third-order valence-electron chi connectivity index (χ3n) is 3.34. The molecular weight excluding hydrogens is 254 g/mol. The van der Waals surface area contributed by atoms with Crippen LogP contribution in [0.5, 0.6) is 0 Å². The fourth-order valence-electron chi connectivity index (χ4n) is 2.48. The summed E-state index contributed by atoms with van der Waals surface area (Å²) in [6.45, 7) is 3.82. The van der Waals surface area contributed by atoms with Crippen LogP contribution in [0.4, 0.5) is 0 Å². The first kappa shape index (κ1) is 13.1. The second kappa shape index (κ2) is 5.08. The van der Waals surface area contributed by atoms with E-state index in [2.05, 4.69) is 23.3 Å². The van der Waals surface area contributed by atoms with Gasteiger partial charge in [0.2, 0.25) is 0 Å². The summed E-state index contributed by atoms with van der Waals surface area (Å²) in [6, 6.07) is 2.60. The Morgan fingerprint density at radius 1 is 1.53 bits per heavy atom. The van der Waals surface area contributed by atoms with Gasteiger partial charge < -0.3 is 0 Å². The summed E-state index contributed by atoms with van der Waals surface area (Å²) in [4.78, 5) is 3.79. The van der Waals surface area contributed by atoms with Gasteiger partial charge in [0.25, 0.3) is 0 Å². The maximum Gasteiger partial charge on any atom is 0.148 e. The van der Waals surface area contributed by atoms with E-state index >= 15 is 0 Å². The lowest BCUT2D eigenvalue weighted by Gasteiger charge is -2.35. The van der Waals surface area contributed by atoms with Crippen molar-refractivity contribution in [3.63, 3.8) is 0 Å². The number of thiophene rings is 1. The Balaban J connectivity index is 2.10. The number of nitrogens with zero attached hydrogens (tertiary/aromatic N) is 1. The van der Waals surface area contributed by atoms with E-state index in [4.69, 9.17) is 0 Å². The quantitative estimate of drug-likeness (QED) is 0.843. The largest absolute Gasteiger partial charge is 0.295 e. The van der Waals surface area contributed by atoms with Crippen molar-refractivity contribution in [3.8, 4) is 0 Å². The molecule has 1 atom stereocenters. The number of hydrogen-bond donors (Lipinski definition) is 0. The van der Waals surface area contributed by atoms with Crippen LogP contribution < -0.4 is 0 Å². The van der Waals surface area contributed by atoms with Gasteiger partial charge in [0, 0.05) is 30.3 Å². The van der Waals surface area contributed by atoms with Crippen molar-refractivity contribution >= 4 is 21.2 Å². The molecule has 3 nitrogen and oxygen atoms in total. The van der Waals surface area contributed by atoms with Gasteiger partial charge in [-0.05, 0) is 29.9 Å². The van der Waals surface area contributed by atoms with Gasteiger partial charge in [0.1, 0.15) is 9.84 Å². The van der Waals surface area contributed by atoms with Gasteiger partial charge in [-0.2, -0.15) is 0 Å². The van der Waals surface area contributed by atoms with E-state index in [1.165, 1.54) is 16.7 Å². The Bertz CT molecular complexity index is 478. The van der Waals surface area contributed by atoms with Crippen LogP contribution in [0, 0.1) is 0 Å². The Labute approximate surface area is 107 Å². The highest BCUT2D eigenvalue weighted by Gasteiger charge is 2.26. The van der Waals surface area contributed by atoms with E-state index in [1.807, 2.05) is 11.3 Å². The molecule has 0 saturated heterocycles. The standard InChI is InChI=1S/C12H19NO2S2/c1-3-11-10-5-8-16-12(10)4-6-13(11)7-9-17(2,14)15/h5,8,11H,3-4,6-7,9H2,1-2H3/t11-/m1/s1. The summed E-state index contributed by atoms with van der Waals surface area (Å²) >= 11 is 1.83. The van der Waals surface area contributed by atoms with E-state index in [0.29, 0.717) is 12.6 Å². The van der Waals surface area contributed by atoms with Crippen molar-refractivity contribution in [1.29, 1.82) is 0 Å². The van der Waals surface area contributed by atoms with Gasteiger partial charge in [0.05, 0.1) is 5.75 Å². The second-order valence-corrected chi connectivity index (χ2v) is 7.90. The molecule has 1 aliphatic heterocycles. The lowest BCUT2D eigenvalue weighted by Crippen LogP contribution is -2.37. The SMILES string of the molecule is CC[C@@H]1c2ccsc2CCN1CCS(C)(=O)=O. The molecule has 0 unspecified atom stereocenters. The van der Waals surface area contributed by atoms with Crippen molar-refractivity contribution in [2.24, 2.45) is 0 Å². The van der Waals surface area contributed by atoms with Crippen molar-refractivity contribution in [2.45, 2.75) is 25.8 Å². The molecule has 17 heavy (non-hydrogen) atoms. The summed E-state index contributed by atoms with van der Waals surface area (Å²) in [7, 11) is -2.86. The molecule has 0 aromatic carbocycles. The fourth-order valence-corrected chi connectivity index (χ4v) is 3.97. The predicted molar refractivity (Wildman–Crippen MR) is 72.3 cm³/mol. The summed E-state index contributed by atoms with van der Waals surface area (Å²) < 4.78 is 22.5. The molecule has 0 saturated carbocycles. The lowest BCUT2D eigenvalue weighted by atomic mass is 9.98. The molecule has 0 fully saturated rings. The van der Waals surface area contributed by atoms with Crippen LogP contribution in [0.3, 0.4) is 0 Å². The van der Waals surface area contributed by atoms with Crippen molar-refractivity contribution in [3.05, 3.63) is 21.9 Å². The molecule has 0 bridgehead atoms. The van der Waals surface area contributed by atoms with Gasteiger partial charge >= 0.3 is 0 Å². The fraction of sp³-hybridized carbons (Fsp3) is 0.667. The molecule has 0 radical (unpaired) electrons. The van der Waals surface area contributed by atoms with E-state index in [0.717, 1.165) is 19.4 Å². The van der Waals surface area contributed by atoms with Crippen LogP contribution in [-0.2, 0) is 16.3 Å². The summed E-state index contributed by atoms with van der Waals surface area (Å²) in [5.41, 5.74) is 1.41. The highest BCUT2D eigenvalue weighted by atomic mass is 32.2. The lowest BCUT2D eigenvalue weighted by molar-refractivity contribution is 0.193. The van der Waals surface area contributed by atoms with Gasteiger partial charge in [-0.25, -0.2) is 8.42 Å². The molecule has 5 heteroatoms. The Morgan fingerprint density at radius 3 is 2.94 bits per heavy atom. The minimum Gasteiger partial charge on any atom is -0.295 e. The normalized spacial score (nSPS) is 21.4. The van der Waals surface area contributed by atoms with Gasteiger partial charge in [-0.1, -0.05) is 6.92 Å². The third kappa shape index (κ3) is 3.09. The molecular formula is C12H19NO2S2. The van der Waals surface area contributed by atoms with Crippen molar-refractivity contribution < 1.29 is 8.42 Å². The van der Waals surface area contributed by atoms with E-state index in [9.17, 15) is 8.42 Å². The van der Waals surface area contributed by atoms with Gasteiger partial charge in [-0.15, -0.1) is 11.3 Å². The van der Waals surface area contributed by atoms with Crippen LogP contribution >= 0.6 is 11.3 Å². The second-order valence-electron chi connectivity index (χ2n) is 4.64. The van der Waals surface area contributed by atoms with E-state index in [1.54, 1.807) is 0 Å². The summed E-state index contributed by atoms with van der Waals surface area (Å²) in [5.74, 6) is 0.267. The maximum atomic E-state index is 11.2. The molecule has 0 spiro atoms. The maximum absolute atomic E-state index is 11.2. The highest BCUT2D eigenvalue weighted by Crippen LogP contribution is 2.34. The third-order valence-corrected chi connectivity index (χ3v) is 5.26. The van der Waals surface area contributed by atoms with Crippen LogP contribution in [-0.4, -0.2) is 38.4 Å². The van der Waals surface area contributed by atoms with Crippen LogP contribution in [0.2, 0.25) is 0 Å². The van der Waals surface area contributed by atoms with Gasteiger partial charge in [-0.3, -0.25) is 4.90 Å².